The maximum absolute atomic E-state index is 13.6. The maximum atomic E-state index is 13.6. The summed E-state index contributed by atoms with van der Waals surface area (Å²) in [5, 5.41) is 2.90. The fourth-order valence-electron chi connectivity index (χ4n) is 3.80. The highest BCUT2D eigenvalue weighted by molar-refractivity contribution is 6.03. The molecule has 0 spiro atoms. The number of hydrogen-bond donors (Lipinski definition) is 1. The van der Waals surface area contributed by atoms with E-state index in [0.717, 1.165) is 23.1 Å². The van der Waals surface area contributed by atoms with Gasteiger partial charge in [-0.2, -0.15) is 0 Å². The molecular formula is C26H27N5O2. The van der Waals surface area contributed by atoms with Crippen LogP contribution in [0.2, 0.25) is 0 Å². The van der Waals surface area contributed by atoms with Crippen molar-refractivity contribution in [1.82, 2.24) is 24.4 Å². The normalized spacial score (nSPS) is 11.0. The van der Waals surface area contributed by atoms with E-state index in [1.807, 2.05) is 69.3 Å². The third-order valence-corrected chi connectivity index (χ3v) is 5.50. The van der Waals surface area contributed by atoms with Crippen molar-refractivity contribution in [3.8, 4) is 17.1 Å². The van der Waals surface area contributed by atoms with E-state index < -0.39 is 0 Å². The molecule has 0 saturated heterocycles. The molecule has 2 heterocycles. The summed E-state index contributed by atoms with van der Waals surface area (Å²) in [6, 6.07) is 15.4. The Balaban J connectivity index is 2.11. The van der Waals surface area contributed by atoms with Crippen molar-refractivity contribution in [3.63, 3.8) is 0 Å². The Morgan fingerprint density at radius 1 is 1.09 bits per heavy atom. The van der Waals surface area contributed by atoms with E-state index in [-0.39, 0.29) is 23.8 Å². The van der Waals surface area contributed by atoms with Gasteiger partial charge in [-0.25, -0.2) is 19.3 Å². The summed E-state index contributed by atoms with van der Waals surface area (Å²) in [6.45, 7) is 10.5. The lowest BCUT2D eigenvalue weighted by Gasteiger charge is -2.10. The van der Waals surface area contributed by atoms with Gasteiger partial charge in [-0.3, -0.25) is 9.36 Å². The number of hydrogen-bond acceptors (Lipinski definition) is 4. The van der Waals surface area contributed by atoms with Crippen LogP contribution < -0.4 is 11.0 Å². The SMILES string of the molecule is C=CCn1c(=O)n(-c2ccccc2C)c2nc(-c3ccc(C)cc3)nc(C(=O)NCCC)c21. The molecule has 0 aliphatic heterocycles. The first-order chi connectivity index (χ1) is 16.0. The van der Waals surface area contributed by atoms with Gasteiger partial charge in [-0.1, -0.05) is 61.0 Å². The average Bonchev–Trinajstić information content (AvgIpc) is 3.09. The molecule has 2 aromatic heterocycles. The summed E-state index contributed by atoms with van der Waals surface area (Å²) in [5.74, 6) is 0.0552. The molecule has 2 aromatic carbocycles. The number of imidazole rings is 1. The van der Waals surface area contributed by atoms with E-state index in [9.17, 15) is 9.59 Å². The highest BCUT2D eigenvalue weighted by Gasteiger charge is 2.25. The van der Waals surface area contributed by atoms with Crippen molar-refractivity contribution in [2.24, 2.45) is 0 Å². The quantitative estimate of drug-likeness (QED) is 0.436. The number of aromatic nitrogens is 4. The molecule has 0 saturated carbocycles. The molecule has 0 bridgehead atoms. The Kier molecular flexibility index (Phi) is 6.22. The average molecular weight is 442 g/mol. The van der Waals surface area contributed by atoms with Crippen molar-refractivity contribution < 1.29 is 4.79 Å². The molecule has 1 amide bonds. The first-order valence-electron chi connectivity index (χ1n) is 11.0. The molecule has 0 fully saturated rings. The summed E-state index contributed by atoms with van der Waals surface area (Å²) in [6.07, 6.45) is 2.42. The van der Waals surface area contributed by atoms with Crippen LogP contribution in [0.1, 0.15) is 35.0 Å². The smallest absolute Gasteiger partial charge is 0.335 e. The van der Waals surface area contributed by atoms with Crippen molar-refractivity contribution in [2.75, 3.05) is 6.54 Å². The molecule has 0 aliphatic carbocycles. The number of amides is 1. The van der Waals surface area contributed by atoms with Gasteiger partial charge in [0.1, 0.15) is 5.52 Å². The van der Waals surface area contributed by atoms with E-state index in [1.165, 1.54) is 4.57 Å². The molecule has 7 nitrogen and oxygen atoms in total. The second kappa shape index (κ2) is 9.24. The predicted octanol–water partition coefficient (Wildman–Crippen LogP) is 4.19. The van der Waals surface area contributed by atoms with Gasteiger partial charge in [0.15, 0.2) is 17.2 Å². The molecule has 0 aliphatic rings. The minimum Gasteiger partial charge on any atom is -0.351 e. The zero-order valence-corrected chi connectivity index (χ0v) is 19.1. The molecule has 0 atom stereocenters. The summed E-state index contributed by atoms with van der Waals surface area (Å²) in [7, 11) is 0. The van der Waals surface area contributed by atoms with Gasteiger partial charge < -0.3 is 5.32 Å². The van der Waals surface area contributed by atoms with Crippen molar-refractivity contribution >= 4 is 17.1 Å². The summed E-state index contributed by atoms with van der Waals surface area (Å²) in [4.78, 5) is 36.2. The second-order valence-electron chi connectivity index (χ2n) is 7.99. The number of aryl methyl sites for hydroxylation is 2. The molecule has 7 heteroatoms. The number of para-hydroxylation sites is 1. The molecule has 0 unspecified atom stereocenters. The highest BCUT2D eigenvalue weighted by Crippen LogP contribution is 2.25. The number of allylic oxidation sites excluding steroid dienone is 1. The van der Waals surface area contributed by atoms with Crippen LogP contribution in [0.15, 0.2) is 66.0 Å². The molecule has 33 heavy (non-hydrogen) atoms. The van der Waals surface area contributed by atoms with Gasteiger partial charge in [0.05, 0.1) is 5.69 Å². The van der Waals surface area contributed by atoms with Crippen molar-refractivity contribution in [1.29, 1.82) is 0 Å². The monoisotopic (exact) mass is 441 g/mol. The Bertz CT molecular complexity index is 1400. The van der Waals surface area contributed by atoms with Gasteiger partial charge >= 0.3 is 5.69 Å². The summed E-state index contributed by atoms with van der Waals surface area (Å²) in [5.41, 5.74) is 4.18. The molecule has 0 radical (unpaired) electrons. The van der Waals surface area contributed by atoms with Crippen LogP contribution in [-0.4, -0.2) is 31.6 Å². The Morgan fingerprint density at radius 3 is 2.48 bits per heavy atom. The summed E-state index contributed by atoms with van der Waals surface area (Å²) >= 11 is 0. The van der Waals surface area contributed by atoms with Gasteiger partial charge in [0.2, 0.25) is 0 Å². The predicted molar refractivity (Wildman–Crippen MR) is 131 cm³/mol. The highest BCUT2D eigenvalue weighted by atomic mass is 16.2. The van der Waals surface area contributed by atoms with E-state index >= 15 is 0 Å². The van der Waals surface area contributed by atoms with Crippen LogP contribution in [0.3, 0.4) is 0 Å². The Hall–Kier alpha value is -4.00. The number of nitrogens with one attached hydrogen (secondary N) is 1. The van der Waals surface area contributed by atoms with E-state index in [2.05, 4.69) is 16.9 Å². The van der Waals surface area contributed by atoms with Gasteiger partial charge in [-0.05, 0) is 31.9 Å². The van der Waals surface area contributed by atoms with Gasteiger partial charge in [0.25, 0.3) is 5.91 Å². The van der Waals surface area contributed by atoms with E-state index in [1.54, 1.807) is 10.6 Å². The van der Waals surface area contributed by atoms with Crippen molar-refractivity contribution in [2.45, 2.75) is 33.7 Å². The fourth-order valence-corrected chi connectivity index (χ4v) is 3.80. The lowest BCUT2D eigenvalue weighted by Crippen LogP contribution is -2.27. The number of fused-ring (bicyclic) bond motifs is 1. The minimum absolute atomic E-state index is 0.176. The Labute approximate surface area is 192 Å². The molecule has 4 rings (SSSR count). The largest absolute Gasteiger partial charge is 0.351 e. The van der Waals surface area contributed by atoms with Crippen LogP contribution in [0.25, 0.3) is 28.2 Å². The third-order valence-electron chi connectivity index (χ3n) is 5.50. The number of benzene rings is 2. The topological polar surface area (TPSA) is 81.8 Å². The van der Waals surface area contributed by atoms with E-state index in [4.69, 9.17) is 4.98 Å². The lowest BCUT2D eigenvalue weighted by atomic mass is 10.1. The number of nitrogens with zero attached hydrogens (tertiary/aromatic N) is 4. The van der Waals surface area contributed by atoms with Crippen LogP contribution >= 0.6 is 0 Å². The minimum atomic E-state index is -0.336. The molecular weight excluding hydrogens is 414 g/mol. The zero-order chi connectivity index (χ0) is 23.5. The van der Waals surface area contributed by atoms with Gasteiger partial charge in [-0.15, -0.1) is 6.58 Å². The molecule has 168 valence electrons. The molecule has 1 N–H and O–H groups in total. The Morgan fingerprint density at radius 2 is 1.82 bits per heavy atom. The third kappa shape index (κ3) is 4.09. The zero-order valence-electron chi connectivity index (χ0n) is 19.1. The molecule has 4 aromatic rings. The lowest BCUT2D eigenvalue weighted by molar-refractivity contribution is 0.0950. The standard InChI is InChI=1S/C26H27N5O2/c1-5-15-27-25(32)21-22-24(29-23(28-21)19-13-11-17(3)12-14-19)31(26(33)30(22)16-6-2)20-10-8-7-9-18(20)4/h6-14H,2,5,15-16H2,1,3-4H3,(H,27,32). The van der Waals surface area contributed by atoms with Gasteiger partial charge in [0, 0.05) is 18.7 Å². The number of rotatable bonds is 7. The fraction of sp³-hybridized carbons (Fsp3) is 0.231. The van der Waals surface area contributed by atoms with Crippen LogP contribution in [0.4, 0.5) is 0 Å². The first kappa shape index (κ1) is 22.2. The second-order valence-corrected chi connectivity index (χ2v) is 7.99. The number of carbonyl (C=O) groups excluding carboxylic acids is 1. The van der Waals surface area contributed by atoms with Crippen LogP contribution in [0, 0.1) is 13.8 Å². The van der Waals surface area contributed by atoms with Crippen LogP contribution in [-0.2, 0) is 6.54 Å². The maximum Gasteiger partial charge on any atom is 0.335 e. The van der Waals surface area contributed by atoms with Crippen LogP contribution in [0.5, 0.6) is 0 Å². The number of carbonyl (C=O) groups is 1. The van der Waals surface area contributed by atoms with E-state index in [0.29, 0.717) is 29.2 Å². The van der Waals surface area contributed by atoms with Crippen molar-refractivity contribution in [3.05, 3.63) is 88.5 Å². The first-order valence-corrected chi connectivity index (χ1v) is 11.0. The summed E-state index contributed by atoms with van der Waals surface area (Å²) < 4.78 is 3.07.